The molecule has 2 heterocycles. The van der Waals surface area contributed by atoms with E-state index in [4.69, 9.17) is 4.74 Å². The van der Waals surface area contributed by atoms with Crippen LogP contribution in [-0.2, 0) is 4.74 Å². The van der Waals surface area contributed by atoms with E-state index in [2.05, 4.69) is 38.1 Å². The van der Waals surface area contributed by atoms with Gasteiger partial charge in [-0.15, -0.1) is 0 Å². The van der Waals surface area contributed by atoms with Gasteiger partial charge in [-0.3, -0.25) is 0 Å². The molecule has 4 nitrogen and oxygen atoms in total. The van der Waals surface area contributed by atoms with Crippen LogP contribution in [0.25, 0.3) is 0 Å². The fraction of sp³-hybridized carbons (Fsp3) is 0.636. The van der Waals surface area contributed by atoms with Crippen molar-refractivity contribution in [1.29, 1.82) is 0 Å². The molecule has 2 rings (SSSR count). The SMILES string of the molecule is CC(Nc1cc(Br)ncn1)C1CCOCC1. The van der Waals surface area contributed by atoms with Crippen LogP contribution >= 0.6 is 15.9 Å². The fourth-order valence-electron chi connectivity index (χ4n) is 1.98. The van der Waals surface area contributed by atoms with Crippen molar-refractivity contribution in [1.82, 2.24) is 9.97 Å². The van der Waals surface area contributed by atoms with Crippen molar-refractivity contribution in [2.45, 2.75) is 25.8 Å². The lowest BCUT2D eigenvalue weighted by Crippen LogP contribution is -2.31. The summed E-state index contributed by atoms with van der Waals surface area (Å²) in [5, 5.41) is 3.42. The molecule has 1 aliphatic rings. The number of halogens is 1. The number of rotatable bonds is 3. The third-order valence-corrected chi connectivity index (χ3v) is 3.42. The van der Waals surface area contributed by atoms with Crippen LogP contribution in [-0.4, -0.2) is 29.2 Å². The molecule has 0 bridgehead atoms. The molecule has 1 N–H and O–H groups in total. The van der Waals surface area contributed by atoms with E-state index >= 15 is 0 Å². The first-order valence-electron chi connectivity index (χ1n) is 5.57. The molecular weight excluding hydrogens is 270 g/mol. The van der Waals surface area contributed by atoms with Crippen molar-refractivity contribution < 1.29 is 4.74 Å². The van der Waals surface area contributed by atoms with Gasteiger partial charge in [-0.1, -0.05) is 0 Å². The number of aromatic nitrogens is 2. The van der Waals surface area contributed by atoms with Gasteiger partial charge in [-0.2, -0.15) is 0 Å². The highest BCUT2D eigenvalue weighted by molar-refractivity contribution is 9.10. The predicted molar refractivity (Wildman–Crippen MR) is 66.4 cm³/mol. The van der Waals surface area contributed by atoms with Crippen molar-refractivity contribution >= 4 is 21.7 Å². The van der Waals surface area contributed by atoms with Crippen LogP contribution in [0.3, 0.4) is 0 Å². The van der Waals surface area contributed by atoms with Crippen LogP contribution in [0.15, 0.2) is 17.0 Å². The highest BCUT2D eigenvalue weighted by atomic mass is 79.9. The quantitative estimate of drug-likeness (QED) is 0.867. The standard InChI is InChI=1S/C11H16BrN3O/c1-8(9-2-4-16-5-3-9)15-11-6-10(12)13-7-14-11/h6-9H,2-5H2,1H3,(H,13,14,15). The second-order valence-electron chi connectivity index (χ2n) is 4.11. The second kappa shape index (κ2) is 5.59. The first kappa shape index (κ1) is 11.8. The molecule has 1 aliphatic heterocycles. The summed E-state index contributed by atoms with van der Waals surface area (Å²) in [6.45, 7) is 3.96. The summed E-state index contributed by atoms with van der Waals surface area (Å²) in [4.78, 5) is 8.20. The maximum atomic E-state index is 5.36. The Morgan fingerprint density at radius 1 is 1.44 bits per heavy atom. The second-order valence-corrected chi connectivity index (χ2v) is 4.92. The van der Waals surface area contributed by atoms with Crippen molar-refractivity contribution in [3.05, 3.63) is 17.0 Å². The highest BCUT2D eigenvalue weighted by Crippen LogP contribution is 2.21. The zero-order valence-electron chi connectivity index (χ0n) is 9.32. The van der Waals surface area contributed by atoms with E-state index in [-0.39, 0.29) is 0 Å². The molecule has 1 atom stereocenters. The summed E-state index contributed by atoms with van der Waals surface area (Å²) in [5.74, 6) is 1.54. The van der Waals surface area contributed by atoms with E-state index in [1.54, 1.807) is 6.33 Å². The van der Waals surface area contributed by atoms with Crippen LogP contribution in [0.4, 0.5) is 5.82 Å². The van der Waals surface area contributed by atoms with Gasteiger partial charge in [-0.25, -0.2) is 9.97 Å². The van der Waals surface area contributed by atoms with Gasteiger partial charge in [0.15, 0.2) is 0 Å². The van der Waals surface area contributed by atoms with Crippen molar-refractivity contribution in [2.24, 2.45) is 5.92 Å². The van der Waals surface area contributed by atoms with Crippen molar-refractivity contribution in [3.63, 3.8) is 0 Å². The zero-order valence-corrected chi connectivity index (χ0v) is 10.9. The third-order valence-electron chi connectivity index (χ3n) is 2.98. The zero-order chi connectivity index (χ0) is 11.4. The van der Waals surface area contributed by atoms with Gasteiger partial charge < -0.3 is 10.1 Å². The average Bonchev–Trinajstić information content (AvgIpc) is 2.30. The van der Waals surface area contributed by atoms with Crippen LogP contribution in [0.5, 0.6) is 0 Å². The van der Waals surface area contributed by atoms with Crippen LogP contribution in [0.2, 0.25) is 0 Å². The van der Waals surface area contributed by atoms with Gasteiger partial charge in [0.2, 0.25) is 0 Å². The molecular formula is C11H16BrN3O. The van der Waals surface area contributed by atoms with Gasteiger partial charge in [0.25, 0.3) is 0 Å². The Bertz CT molecular complexity index is 342. The predicted octanol–water partition coefficient (Wildman–Crippen LogP) is 2.47. The maximum absolute atomic E-state index is 5.36. The molecule has 5 heteroatoms. The molecule has 0 aromatic carbocycles. The van der Waals surface area contributed by atoms with Crippen molar-refractivity contribution in [2.75, 3.05) is 18.5 Å². The molecule has 0 radical (unpaired) electrons. The molecule has 1 unspecified atom stereocenters. The fourth-order valence-corrected chi connectivity index (χ4v) is 2.29. The lowest BCUT2D eigenvalue weighted by Gasteiger charge is -2.28. The van der Waals surface area contributed by atoms with Crippen LogP contribution < -0.4 is 5.32 Å². The Morgan fingerprint density at radius 2 is 2.19 bits per heavy atom. The molecule has 16 heavy (non-hydrogen) atoms. The van der Waals surface area contributed by atoms with E-state index in [9.17, 15) is 0 Å². The number of nitrogens with one attached hydrogen (secondary N) is 1. The summed E-state index contributed by atoms with van der Waals surface area (Å²) in [6, 6.07) is 2.32. The first-order chi connectivity index (χ1) is 7.75. The van der Waals surface area contributed by atoms with Gasteiger partial charge in [0, 0.05) is 25.3 Å². The summed E-state index contributed by atoms with van der Waals surface area (Å²) in [5.41, 5.74) is 0. The minimum atomic E-state index is 0.422. The summed E-state index contributed by atoms with van der Waals surface area (Å²) < 4.78 is 6.17. The van der Waals surface area contributed by atoms with Gasteiger partial charge in [-0.05, 0) is 41.6 Å². The van der Waals surface area contributed by atoms with E-state index in [0.29, 0.717) is 12.0 Å². The lowest BCUT2D eigenvalue weighted by molar-refractivity contribution is 0.0622. The number of ether oxygens (including phenoxy) is 1. The normalized spacial score (nSPS) is 19.4. The maximum Gasteiger partial charge on any atom is 0.130 e. The monoisotopic (exact) mass is 285 g/mol. The lowest BCUT2D eigenvalue weighted by atomic mass is 9.93. The van der Waals surface area contributed by atoms with Crippen LogP contribution in [0, 0.1) is 5.92 Å². The molecule has 88 valence electrons. The average molecular weight is 286 g/mol. The van der Waals surface area contributed by atoms with Gasteiger partial charge >= 0.3 is 0 Å². The topological polar surface area (TPSA) is 47.0 Å². The molecule has 1 aromatic heterocycles. The smallest absolute Gasteiger partial charge is 0.130 e. The van der Waals surface area contributed by atoms with E-state index in [1.165, 1.54) is 0 Å². The molecule has 1 saturated heterocycles. The van der Waals surface area contributed by atoms with E-state index in [0.717, 1.165) is 36.5 Å². The van der Waals surface area contributed by atoms with Crippen molar-refractivity contribution in [3.8, 4) is 0 Å². The minimum absolute atomic E-state index is 0.422. The summed E-state index contributed by atoms with van der Waals surface area (Å²) in [6.07, 6.45) is 3.81. The van der Waals surface area contributed by atoms with Gasteiger partial charge in [0.1, 0.15) is 16.7 Å². The Kier molecular flexibility index (Phi) is 4.12. The van der Waals surface area contributed by atoms with Gasteiger partial charge in [0.05, 0.1) is 0 Å². The Labute approximate surface area is 104 Å². The minimum Gasteiger partial charge on any atom is -0.381 e. The number of hydrogen-bond acceptors (Lipinski definition) is 4. The third kappa shape index (κ3) is 3.15. The molecule has 0 saturated carbocycles. The number of nitrogens with zero attached hydrogens (tertiary/aromatic N) is 2. The molecule has 1 fully saturated rings. The summed E-state index contributed by atoms with van der Waals surface area (Å²) >= 11 is 3.34. The number of anilines is 1. The summed E-state index contributed by atoms with van der Waals surface area (Å²) in [7, 11) is 0. The molecule has 0 spiro atoms. The Morgan fingerprint density at radius 3 is 2.88 bits per heavy atom. The van der Waals surface area contributed by atoms with E-state index < -0.39 is 0 Å². The molecule has 1 aromatic rings. The van der Waals surface area contributed by atoms with E-state index in [1.807, 2.05) is 6.07 Å². The molecule has 0 aliphatic carbocycles. The Balaban J connectivity index is 1.93. The largest absolute Gasteiger partial charge is 0.381 e. The Hall–Kier alpha value is -0.680. The highest BCUT2D eigenvalue weighted by Gasteiger charge is 2.20. The number of hydrogen-bond donors (Lipinski definition) is 1. The van der Waals surface area contributed by atoms with Crippen LogP contribution in [0.1, 0.15) is 19.8 Å². The first-order valence-corrected chi connectivity index (χ1v) is 6.37. The molecule has 0 amide bonds.